The molecule has 1 unspecified atom stereocenters. The van der Waals surface area contributed by atoms with Gasteiger partial charge in [-0.15, -0.1) is 0 Å². The van der Waals surface area contributed by atoms with Crippen LogP contribution in [0.3, 0.4) is 0 Å². The third-order valence-electron chi connectivity index (χ3n) is 4.50. The molecule has 0 aromatic carbocycles. The normalized spacial score (nSPS) is 20.0. The molecule has 0 radical (unpaired) electrons. The van der Waals surface area contributed by atoms with Crippen LogP contribution in [0.5, 0.6) is 0 Å². The lowest BCUT2D eigenvalue weighted by Crippen LogP contribution is -2.54. The van der Waals surface area contributed by atoms with Gasteiger partial charge in [-0.3, -0.25) is 10.2 Å². The molecule has 0 spiro atoms. The van der Waals surface area contributed by atoms with Crippen molar-refractivity contribution in [2.45, 2.75) is 18.9 Å². The Morgan fingerprint density at radius 2 is 2.36 bits per heavy atom. The number of carbonyl (C=O) groups is 1. The Morgan fingerprint density at radius 1 is 1.52 bits per heavy atom. The average molecular weight is 338 g/mol. The minimum absolute atomic E-state index is 0.114. The van der Waals surface area contributed by atoms with Gasteiger partial charge in [0.05, 0.1) is 23.8 Å². The van der Waals surface area contributed by atoms with Gasteiger partial charge >= 0.3 is 0 Å². The second-order valence-corrected chi connectivity index (χ2v) is 5.83. The lowest BCUT2D eigenvalue weighted by Gasteiger charge is -2.41. The van der Waals surface area contributed by atoms with E-state index in [1.165, 1.54) is 18.9 Å². The van der Waals surface area contributed by atoms with E-state index in [1.54, 1.807) is 16.0 Å². The number of hydrogen-bond donors (Lipinski definition) is 3. The largest absolute Gasteiger partial charge is 0.346 e. The van der Waals surface area contributed by atoms with E-state index in [0.717, 1.165) is 5.39 Å². The van der Waals surface area contributed by atoms with Crippen molar-refractivity contribution < 1.29 is 4.79 Å². The van der Waals surface area contributed by atoms with Crippen LogP contribution < -0.4 is 4.90 Å². The molecule has 1 aliphatic rings. The zero-order chi connectivity index (χ0) is 17.8. The number of aromatic amines is 1. The van der Waals surface area contributed by atoms with Crippen molar-refractivity contribution in [1.29, 1.82) is 16.1 Å². The number of carbonyl (C=O) groups excluding carboxylic acids is 1. The summed E-state index contributed by atoms with van der Waals surface area (Å²) in [5.41, 5.74) is 0.663. The number of aromatic nitrogens is 3. The van der Waals surface area contributed by atoms with Gasteiger partial charge in [-0.1, -0.05) is 0 Å². The van der Waals surface area contributed by atoms with Crippen molar-refractivity contribution in [2.75, 3.05) is 18.0 Å². The van der Waals surface area contributed by atoms with Crippen molar-refractivity contribution in [3.8, 4) is 6.07 Å². The van der Waals surface area contributed by atoms with E-state index in [9.17, 15) is 4.79 Å². The number of fused-ring (bicyclic) bond motifs is 1. The van der Waals surface area contributed by atoms with Crippen molar-refractivity contribution in [3.63, 3.8) is 0 Å². The summed E-state index contributed by atoms with van der Waals surface area (Å²) in [4.78, 5) is 26.9. The molecule has 1 aliphatic heterocycles. The number of piperidine rings is 1. The van der Waals surface area contributed by atoms with E-state index in [4.69, 9.17) is 16.1 Å². The highest BCUT2D eigenvalue weighted by molar-refractivity contribution is 5.94. The number of amides is 1. The second-order valence-electron chi connectivity index (χ2n) is 5.83. The zero-order valence-electron chi connectivity index (χ0n) is 13.5. The third-order valence-corrected chi connectivity index (χ3v) is 4.50. The fourth-order valence-electron chi connectivity index (χ4n) is 3.22. The summed E-state index contributed by atoms with van der Waals surface area (Å²) in [6, 6.07) is 3.42. The van der Waals surface area contributed by atoms with Crippen LogP contribution >= 0.6 is 0 Å². The van der Waals surface area contributed by atoms with E-state index >= 15 is 0 Å². The third kappa shape index (κ3) is 3.06. The molecule has 1 amide bonds. The van der Waals surface area contributed by atoms with Gasteiger partial charge in [0, 0.05) is 31.4 Å². The standard InChI is InChI=1S/C16H18N8O/c17-4-1-14(25)23-6-3-11(7-18)13(8-23)24(9-19)16-12-2-5-20-15(12)21-10-22-16/h2,5,7,9-11,13,18-19H,1,3,6,8H2,(H,20,21,22)/t11-,13?/m0/s1. The summed E-state index contributed by atoms with van der Waals surface area (Å²) in [7, 11) is 0. The first-order valence-electron chi connectivity index (χ1n) is 7.92. The van der Waals surface area contributed by atoms with E-state index in [2.05, 4.69) is 15.0 Å². The first kappa shape index (κ1) is 16.6. The number of likely N-dealkylation sites (tertiary alicyclic amines) is 1. The van der Waals surface area contributed by atoms with Crippen molar-refractivity contribution in [3.05, 3.63) is 18.6 Å². The molecule has 1 saturated heterocycles. The van der Waals surface area contributed by atoms with E-state index in [-0.39, 0.29) is 24.3 Å². The predicted molar refractivity (Wildman–Crippen MR) is 92.6 cm³/mol. The van der Waals surface area contributed by atoms with Gasteiger partial charge < -0.3 is 20.2 Å². The minimum atomic E-state index is -0.292. The lowest BCUT2D eigenvalue weighted by molar-refractivity contribution is -0.131. The monoisotopic (exact) mass is 338 g/mol. The van der Waals surface area contributed by atoms with E-state index in [1.807, 2.05) is 12.1 Å². The van der Waals surface area contributed by atoms with Crippen LogP contribution in [-0.4, -0.2) is 57.4 Å². The smallest absolute Gasteiger partial charge is 0.236 e. The fraction of sp³-hybridized carbons (Fsp3) is 0.375. The molecule has 1 fully saturated rings. The summed E-state index contributed by atoms with van der Waals surface area (Å²) < 4.78 is 0. The molecule has 2 atom stereocenters. The zero-order valence-corrected chi connectivity index (χ0v) is 13.5. The van der Waals surface area contributed by atoms with Crippen LogP contribution in [0.25, 0.3) is 11.0 Å². The summed E-state index contributed by atoms with van der Waals surface area (Å²) in [6.45, 7) is 0.845. The molecule has 0 bridgehead atoms. The maximum Gasteiger partial charge on any atom is 0.236 e. The maximum absolute atomic E-state index is 12.1. The summed E-state index contributed by atoms with van der Waals surface area (Å²) in [6.07, 6.45) is 6.16. The van der Waals surface area contributed by atoms with Gasteiger partial charge in [0.2, 0.25) is 5.91 Å². The maximum atomic E-state index is 12.1. The Kier molecular flexibility index (Phi) is 4.70. The van der Waals surface area contributed by atoms with Gasteiger partial charge in [-0.2, -0.15) is 5.26 Å². The van der Waals surface area contributed by atoms with Crippen LogP contribution in [0.2, 0.25) is 0 Å². The molecule has 2 aromatic heterocycles. The number of H-pyrrole nitrogens is 1. The second kappa shape index (κ2) is 7.09. The molecule has 2 aromatic rings. The molecule has 0 aliphatic carbocycles. The molecular weight excluding hydrogens is 320 g/mol. The number of anilines is 1. The number of nitrogens with zero attached hydrogens (tertiary/aromatic N) is 5. The summed E-state index contributed by atoms with van der Waals surface area (Å²) in [5, 5.41) is 25.1. The van der Waals surface area contributed by atoms with Gasteiger partial charge in [-0.05, 0) is 12.5 Å². The van der Waals surface area contributed by atoms with Gasteiger partial charge in [0.1, 0.15) is 24.2 Å². The Balaban J connectivity index is 1.95. The quantitative estimate of drug-likeness (QED) is 0.555. The first-order chi connectivity index (χ1) is 12.2. The van der Waals surface area contributed by atoms with Crippen molar-refractivity contribution >= 4 is 35.3 Å². The van der Waals surface area contributed by atoms with Gasteiger partial charge in [0.15, 0.2) is 0 Å². The van der Waals surface area contributed by atoms with Crippen LogP contribution in [0.15, 0.2) is 18.6 Å². The molecule has 128 valence electrons. The van der Waals surface area contributed by atoms with E-state index in [0.29, 0.717) is 31.0 Å². The Labute approximate surface area is 144 Å². The lowest BCUT2D eigenvalue weighted by atomic mass is 9.91. The molecule has 3 heterocycles. The predicted octanol–water partition coefficient (Wildman–Crippen LogP) is 1.15. The highest BCUT2D eigenvalue weighted by Gasteiger charge is 2.35. The minimum Gasteiger partial charge on any atom is -0.346 e. The fourth-order valence-corrected chi connectivity index (χ4v) is 3.22. The molecule has 3 rings (SSSR count). The highest BCUT2D eigenvalue weighted by atomic mass is 16.2. The van der Waals surface area contributed by atoms with Gasteiger partial charge in [0.25, 0.3) is 0 Å². The molecular formula is C16H18N8O. The van der Waals surface area contributed by atoms with Gasteiger partial charge in [-0.25, -0.2) is 9.97 Å². The number of nitriles is 1. The molecule has 9 heteroatoms. The van der Waals surface area contributed by atoms with Crippen LogP contribution in [0, 0.1) is 28.1 Å². The number of rotatable bonds is 5. The van der Waals surface area contributed by atoms with Crippen LogP contribution in [-0.2, 0) is 4.79 Å². The van der Waals surface area contributed by atoms with Crippen LogP contribution in [0.1, 0.15) is 12.8 Å². The number of hydrogen-bond acceptors (Lipinski definition) is 6. The Bertz CT molecular complexity index is 838. The average Bonchev–Trinajstić information content (AvgIpc) is 3.12. The van der Waals surface area contributed by atoms with E-state index < -0.39 is 0 Å². The van der Waals surface area contributed by atoms with Crippen molar-refractivity contribution in [2.24, 2.45) is 5.92 Å². The van der Waals surface area contributed by atoms with Crippen molar-refractivity contribution in [1.82, 2.24) is 19.9 Å². The molecule has 0 saturated carbocycles. The Morgan fingerprint density at radius 3 is 3.08 bits per heavy atom. The molecule has 3 N–H and O–H groups in total. The summed E-state index contributed by atoms with van der Waals surface area (Å²) in [5.74, 6) is 0.222. The number of nitrogens with one attached hydrogen (secondary N) is 3. The first-order valence-corrected chi connectivity index (χ1v) is 7.92. The SMILES string of the molecule is N#CCC(=O)N1CC[C@@H](C=N)C(N(C=N)c2ncnc3[nH]ccc23)C1. The van der Waals surface area contributed by atoms with Crippen LogP contribution in [0.4, 0.5) is 5.82 Å². The molecule has 25 heavy (non-hydrogen) atoms. The summed E-state index contributed by atoms with van der Waals surface area (Å²) >= 11 is 0. The topological polar surface area (TPSA) is 137 Å². The Hall–Kier alpha value is -3.28. The highest BCUT2D eigenvalue weighted by Crippen LogP contribution is 2.28. The molecule has 9 nitrogen and oxygen atoms in total.